The Morgan fingerprint density at radius 3 is 2.71 bits per heavy atom. The summed E-state index contributed by atoms with van der Waals surface area (Å²) in [4.78, 5) is 25.9. The quantitative estimate of drug-likeness (QED) is 0.794. The molecule has 6 rings (SSSR count). The predicted molar refractivity (Wildman–Crippen MR) is 110 cm³/mol. The number of hydrogen-bond donors (Lipinski definition) is 1. The number of hydrogen-bond acceptors (Lipinski definition) is 7. The molecule has 4 heterocycles. The van der Waals surface area contributed by atoms with Crippen LogP contribution in [0.4, 0.5) is 5.82 Å². The van der Waals surface area contributed by atoms with Crippen molar-refractivity contribution >= 4 is 11.7 Å². The van der Waals surface area contributed by atoms with Crippen LogP contribution in [0.25, 0.3) is 0 Å². The van der Waals surface area contributed by atoms with Gasteiger partial charge < -0.3 is 19.6 Å². The van der Waals surface area contributed by atoms with E-state index < -0.39 is 5.60 Å². The summed E-state index contributed by atoms with van der Waals surface area (Å²) in [6, 6.07) is 8.08. The van der Waals surface area contributed by atoms with E-state index in [0.29, 0.717) is 24.2 Å². The van der Waals surface area contributed by atoms with Crippen molar-refractivity contribution < 1.29 is 14.6 Å². The van der Waals surface area contributed by atoms with Crippen LogP contribution in [-0.4, -0.2) is 56.7 Å². The Kier molecular flexibility index (Phi) is 3.84. The first-order valence-electron chi connectivity index (χ1n) is 10.8. The minimum Gasteiger partial charge on any atom is -0.506 e. The Balaban J connectivity index is 1.13. The SMILES string of the molecule is N#Cc1ccc(N2C3CCC34C2CN4C(=O)COC2(c3cncc(O)c3)CCC2)nc1. The number of aromatic hydroxyl groups is 1. The number of likely N-dealkylation sites (tertiary alicyclic amines) is 1. The molecule has 0 bridgehead atoms. The highest BCUT2D eigenvalue weighted by Crippen LogP contribution is 2.61. The van der Waals surface area contributed by atoms with Gasteiger partial charge in [0.15, 0.2) is 0 Å². The number of aromatic nitrogens is 2. The van der Waals surface area contributed by atoms with Crippen molar-refractivity contribution in [1.82, 2.24) is 14.9 Å². The summed E-state index contributed by atoms with van der Waals surface area (Å²) in [7, 11) is 0. The normalized spacial score (nSPS) is 29.3. The lowest BCUT2D eigenvalue weighted by atomic mass is 9.52. The fourth-order valence-corrected chi connectivity index (χ4v) is 5.91. The largest absolute Gasteiger partial charge is 0.506 e. The number of piperazine rings is 1. The van der Waals surface area contributed by atoms with Gasteiger partial charge in [0.1, 0.15) is 24.2 Å². The molecular weight excluding hydrogens is 394 g/mol. The highest BCUT2D eigenvalue weighted by molar-refractivity contribution is 5.82. The molecule has 0 aromatic carbocycles. The van der Waals surface area contributed by atoms with Crippen LogP contribution < -0.4 is 4.90 Å². The Hall–Kier alpha value is -3.18. The summed E-state index contributed by atoms with van der Waals surface area (Å²) < 4.78 is 6.18. The van der Waals surface area contributed by atoms with E-state index in [-0.39, 0.29) is 23.8 Å². The van der Waals surface area contributed by atoms with E-state index in [1.54, 1.807) is 24.5 Å². The first kappa shape index (κ1) is 18.6. The third-order valence-corrected chi connectivity index (χ3v) is 7.83. The average molecular weight is 417 g/mol. The van der Waals surface area contributed by atoms with Crippen molar-refractivity contribution in [1.29, 1.82) is 5.26 Å². The summed E-state index contributed by atoms with van der Waals surface area (Å²) in [6.07, 6.45) is 9.50. The zero-order chi connectivity index (χ0) is 21.2. The predicted octanol–water partition coefficient (Wildman–Crippen LogP) is 2.08. The molecule has 1 N–H and O–H groups in total. The Morgan fingerprint density at radius 1 is 1.26 bits per heavy atom. The highest BCUT2D eigenvalue weighted by atomic mass is 16.5. The molecule has 158 valence electrons. The third-order valence-electron chi connectivity index (χ3n) is 7.83. The number of nitrogens with zero attached hydrogens (tertiary/aromatic N) is 5. The number of piperidine rings is 1. The van der Waals surface area contributed by atoms with Gasteiger partial charge in [-0.25, -0.2) is 4.98 Å². The molecule has 0 radical (unpaired) electrons. The number of ether oxygens (including phenoxy) is 1. The molecular formula is C23H23N5O3. The van der Waals surface area contributed by atoms with Gasteiger partial charge in [-0.1, -0.05) is 0 Å². The number of pyridine rings is 2. The number of carbonyl (C=O) groups is 1. The molecule has 2 aromatic heterocycles. The van der Waals surface area contributed by atoms with Gasteiger partial charge in [0.2, 0.25) is 5.91 Å². The fraction of sp³-hybridized carbons (Fsp3) is 0.478. The monoisotopic (exact) mass is 417 g/mol. The Bertz CT molecular complexity index is 1090. The molecule has 4 fully saturated rings. The molecule has 2 aliphatic carbocycles. The molecule has 4 aliphatic rings. The maximum Gasteiger partial charge on any atom is 0.249 e. The van der Waals surface area contributed by atoms with Crippen molar-refractivity contribution in [3.63, 3.8) is 0 Å². The lowest BCUT2D eigenvalue weighted by Gasteiger charge is -2.80. The molecule has 31 heavy (non-hydrogen) atoms. The van der Waals surface area contributed by atoms with Gasteiger partial charge in [-0.15, -0.1) is 0 Å². The molecule has 3 atom stereocenters. The molecule has 8 heteroatoms. The van der Waals surface area contributed by atoms with Gasteiger partial charge in [-0.2, -0.15) is 5.26 Å². The van der Waals surface area contributed by atoms with Crippen LogP contribution in [0.15, 0.2) is 36.8 Å². The zero-order valence-electron chi connectivity index (χ0n) is 17.1. The number of nitriles is 1. The topological polar surface area (TPSA) is 103 Å². The van der Waals surface area contributed by atoms with Crippen LogP contribution in [0.2, 0.25) is 0 Å². The molecule has 1 amide bonds. The molecule has 1 spiro atoms. The number of amides is 1. The van der Waals surface area contributed by atoms with E-state index in [9.17, 15) is 9.90 Å². The summed E-state index contributed by atoms with van der Waals surface area (Å²) in [6.45, 7) is 0.729. The van der Waals surface area contributed by atoms with Crippen molar-refractivity contribution in [2.45, 2.75) is 55.3 Å². The van der Waals surface area contributed by atoms with E-state index in [1.807, 2.05) is 11.0 Å². The molecule has 2 saturated heterocycles. The van der Waals surface area contributed by atoms with Crippen LogP contribution in [-0.2, 0) is 15.1 Å². The van der Waals surface area contributed by atoms with Gasteiger partial charge in [0, 0.05) is 24.5 Å². The van der Waals surface area contributed by atoms with Gasteiger partial charge in [-0.05, 0) is 50.3 Å². The number of anilines is 1. The zero-order valence-corrected chi connectivity index (χ0v) is 17.1. The standard InChI is InChI=1S/C23H23N5O3/c24-9-15-2-3-20(26-10-15)28-18-4-7-23(18)19(28)13-27(23)21(30)14-31-22(5-1-6-22)16-8-17(29)12-25-11-16/h2-3,8,10-12,18-19,29H,1,4-7,13-14H2. The minimum absolute atomic E-state index is 0.0350. The van der Waals surface area contributed by atoms with E-state index >= 15 is 0 Å². The first-order chi connectivity index (χ1) is 15.1. The second-order valence-corrected chi connectivity index (χ2v) is 9.06. The summed E-state index contributed by atoms with van der Waals surface area (Å²) in [5.41, 5.74) is 0.809. The number of carbonyl (C=O) groups excluding carboxylic acids is 1. The average Bonchev–Trinajstić information content (AvgIpc) is 2.71. The molecule has 8 nitrogen and oxygen atoms in total. The molecule has 3 unspecified atom stereocenters. The molecule has 2 aromatic rings. The van der Waals surface area contributed by atoms with E-state index in [4.69, 9.17) is 10.00 Å². The number of rotatable bonds is 5. The van der Waals surface area contributed by atoms with Crippen LogP contribution in [0.1, 0.15) is 43.2 Å². The third kappa shape index (κ3) is 2.41. The van der Waals surface area contributed by atoms with Crippen molar-refractivity contribution in [2.24, 2.45) is 0 Å². The lowest BCUT2D eigenvalue weighted by molar-refractivity contribution is -0.203. The minimum atomic E-state index is -0.513. The van der Waals surface area contributed by atoms with Crippen molar-refractivity contribution in [2.75, 3.05) is 18.1 Å². The Labute approximate surface area is 180 Å². The summed E-state index contributed by atoms with van der Waals surface area (Å²) in [5, 5.41) is 18.8. The smallest absolute Gasteiger partial charge is 0.249 e. The molecule has 2 aliphatic heterocycles. The highest BCUT2D eigenvalue weighted by Gasteiger charge is 2.76. The lowest BCUT2D eigenvalue weighted by Crippen LogP contribution is -2.97. The summed E-state index contributed by atoms with van der Waals surface area (Å²) >= 11 is 0. The van der Waals surface area contributed by atoms with Crippen LogP contribution in [0.5, 0.6) is 5.75 Å². The maximum absolute atomic E-state index is 13.1. The van der Waals surface area contributed by atoms with E-state index in [1.165, 1.54) is 6.20 Å². The van der Waals surface area contributed by atoms with E-state index in [2.05, 4.69) is 20.9 Å². The van der Waals surface area contributed by atoms with Gasteiger partial charge in [-0.3, -0.25) is 9.78 Å². The fourth-order valence-electron chi connectivity index (χ4n) is 5.91. The maximum atomic E-state index is 13.1. The summed E-state index contributed by atoms with van der Waals surface area (Å²) in [5.74, 6) is 1.04. The Morgan fingerprint density at radius 2 is 2.13 bits per heavy atom. The van der Waals surface area contributed by atoms with Crippen molar-refractivity contribution in [3.8, 4) is 11.8 Å². The van der Waals surface area contributed by atoms with Crippen LogP contribution >= 0.6 is 0 Å². The second-order valence-electron chi connectivity index (χ2n) is 9.06. The second kappa shape index (κ2) is 6.41. The molecule has 2 saturated carbocycles. The van der Waals surface area contributed by atoms with Gasteiger partial charge >= 0.3 is 0 Å². The van der Waals surface area contributed by atoms with E-state index in [0.717, 1.165) is 43.5 Å². The van der Waals surface area contributed by atoms with Crippen molar-refractivity contribution in [3.05, 3.63) is 47.9 Å². The van der Waals surface area contributed by atoms with Crippen LogP contribution in [0, 0.1) is 11.3 Å². The van der Waals surface area contributed by atoms with Crippen LogP contribution in [0.3, 0.4) is 0 Å². The van der Waals surface area contributed by atoms with Gasteiger partial charge in [0.05, 0.1) is 35.0 Å². The first-order valence-corrected chi connectivity index (χ1v) is 10.8. The van der Waals surface area contributed by atoms with Gasteiger partial charge in [0.25, 0.3) is 0 Å².